The summed E-state index contributed by atoms with van der Waals surface area (Å²) < 4.78 is 0. The van der Waals surface area contributed by atoms with E-state index in [0.717, 1.165) is 13.1 Å². The Bertz CT molecular complexity index is 404. The van der Waals surface area contributed by atoms with Gasteiger partial charge in [0.15, 0.2) is 0 Å². The van der Waals surface area contributed by atoms with E-state index in [1.165, 1.54) is 42.6 Å². The number of nitrogens with two attached hydrogens (primary N) is 1. The molecule has 2 rings (SSSR count). The minimum atomic E-state index is 0.373. The van der Waals surface area contributed by atoms with Crippen molar-refractivity contribution in [2.75, 3.05) is 19.6 Å². The molecule has 0 aliphatic carbocycles. The van der Waals surface area contributed by atoms with Crippen molar-refractivity contribution in [3.8, 4) is 0 Å². The summed E-state index contributed by atoms with van der Waals surface area (Å²) in [5, 5.41) is 0. The lowest BCUT2D eigenvalue weighted by molar-refractivity contribution is 0.119. The molecule has 0 radical (unpaired) electrons. The zero-order valence-corrected chi connectivity index (χ0v) is 12.0. The maximum atomic E-state index is 5.86. The van der Waals surface area contributed by atoms with Gasteiger partial charge in [-0.05, 0) is 62.9 Å². The van der Waals surface area contributed by atoms with Crippen LogP contribution in [0.5, 0.6) is 0 Å². The Hall–Kier alpha value is -0.860. The van der Waals surface area contributed by atoms with E-state index >= 15 is 0 Å². The highest BCUT2D eigenvalue weighted by Gasteiger charge is 2.28. The van der Waals surface area contributed by atoms with Crippen LogP contribution in [0, 0.1) is 19.3 Å². The van der Waals surface area contributed by atoms with Crippen molar-refractivity contribution >= 4 is 0 Å². The van der Waals surface area contributed by atoms with Gasteiger partial charge in [0.1, 0.15) is 0 Å². The molecule has 1 heterocycles. The standard InChI is InChI=1S/C16H26N2/c1-13-4-5-14(2)15(10-13)11-18-8-6-16(3,12-17)7-9-18/h4-5,10H,6-9,11-12,17H2,1-3H3. The highest BCUT2D eigenvalue weighted by atomic mass is 15.1. The molecule has 0 aromatic heterocycles. The molecule has 0 saturated carbocycles. The molecule has 2 nitrogen and oxygen atoms in total. The summed E-state index contributed by atoms with van der Waals surface area (Å²) in [5.74, 6) is 0. The van der Waals surface area contributed by atoms with Crippen molar-refractivity contribution in [1.82, 2.24) is 4.90 Å². The second-order valence-electron chi connectivity index (χ2n) is 6.22. The number of rotatable bonds is 3. The van der Waals surface area contributed by atoms with Gasteiger partial charge >= 0.3 is 0 Å². The first-order valence-corrected chi connectivity index (χ1v) is 7.01. The lowest BCUT2D eigenvalue weighted by Crippen LogP contribution is -2.41. The molecular weight excluding hydrogens is 220 g/mol. The Morgan fingerprint density at radius 1 is 1.22 bits per heavy atom. The zero-order chi connectivity index (χ0) is 13.2. The van der Waals surface area contributed by atoms with Gasteiger partial charge in [0, 0.05) is 6.54 Å². The fraction of sp³-hybridized carbons (Fsp3) is 0.625. The number of hydrogen-bond acceptors (Lipinski definition) is 2. The molecule has 1 aliphatic heterocycles. The van der Waals surface area contributed by atoms with E-state index in [0.29, 0.717) is 5.41 Å². The van der Waals surface area contributed by atoms with E-state index in [1.807, 2.05) is 0 Å². The second kappa shape index (κ2) is 5.41. The van der Waals surface area contributed by atoms with Gasteiger partial charge in [-0.3, -0.25) is 4.90 Å². The van der Waals surface area contributed by atoms with Crippen molar-refractivity contribution < 1.29 is 0 Å². The molecule has 2 heteroatoms. The molecule has 0 atom stereocenters. The van der Waals surface area contributed by atoms with Gasteiger partial charge < -0.3 is 5.73 Å². The number of hydrogen-bond donors (Lipinski definition) is 1. The topological polar surface area (TPSA) is 29.3 Å². The molecular formula is C16H26N2. The van der Waals surface area contributed by atoms with E-state index in [2.05, 4.69) is 43.9 Å². The number of benzene rings is 1. The lowest BCUT2D eigenvalue weighted by atomic mass is 9.80. The number of likely N-dealkylation sites (tertiary alicyclic amines) is 1. The van der Waals surface area contributed by atoms with E-state index in [-0.39, 0.29) is 0 Å². The van der Waals surface area contributed by atoms with E-state index in [9.17, 15) is 0 Å². The Morgan fingerprint density at radius 2 is 1.89 bits per heavy atom. The molecule has 18 heavy (non-hydrogen) atoms. The van der Waals surface area contributed by atoms with E-state index < -0.39 is 0 Å². The zero-order valence-electron chi connectivity index (χ0n) is 12.0. The van der Waals surface area contributed by atoms with Gasteiger partial charge in [-0.15, -0.1) is 0 Å². The molecule has 1 aliphatic rings. The maximum absolute atomic E-state index is 5.86. The molecule has 0 bridgehead atoms. The third kappa shape index (κ3) is 3.12. The summed E-state index contributed by atoms with van der Waals surface area (Å²) in [6, 6.07) is 6.76. The predicted octanol–water partition coefficient (Wildman–Crippen LogP) is 2.86. The van der Waals surface area contributed by atoms with Crippen LogP contribution in [-0.2, 0) is 6.54 Å². The quantitative estimate of drug-likeness (QED) is 0.888. The van der Waals surface area contributed by atoms with Crippen molar-refractivity contribution in [2.24, 2.45) is 11.1 Å². The largest absolute Gasteiger partial charge is 0.330 e. The fourth-order valence-corrected chi connectivity index (χ4v) is 2.67. The van der Waals surface area contributed by atoms with Crippen LogP contribution in [0.2, 0.25) is 0 Å². The second-order valence-corrected chi connectivity index (χ2v) is 6.22. The van der Waals surface area contributed by atoms with Crippen LogP contribution in [0.25, 0.3) is 0 Å². The summed E-state index contributed by atoms with van der Waals surface area (Å²) in [4.78, 5) is 2.57. The molecule has 0 amide bonds. The first kappa shape index (κ1) is 13.6. The van der Waals surface area contributed by atoms with Crippen LogP contribution < -0.4 is 5.73 Å². The normalized spacial score (nSPS) is 20.0. The van der Waals surface area contributed by atoms with Gasteiger partial charge in [0.2, 0.25) is 0 Å². The van der Waals surface area contributed by atoms with E-state index in [4.69, 9.17) is 5.73 Å². The average molecular weight is 246 g/mol. The van der Waals surface area contributed by atoms with Crippen LogP contribution >= 0.6 is 0 Å². The van der Waals surface area contributed by atoms with Gasteiger partial charge in [-0.1, -0.05) is 30.7 Å². The van der Waals surface area contributed by atoms with Crippen LogP contribution in [0.15, 0.2) is 18.2 Å². The minimum Gasteiger partial charge on any atom is -0.330 e. The van der Waals surface area contributed by atoms with Crippen LogP contribution in [0.3, 0.4) is 0 Å². The molecule has 100 valence electrons. The summed E-state index contributed by atoms with van der Waals surface area (Å²) in [6.07, 6.45) is 2.46. The molecule has 2 N–H and O–H groups in total. The summed E-state index contributed by atoms with van der Waals surface area (Å²) in [5.41, 5.74) is 10.5. The Balaban J connectivity index is 1.97. The Labute approximate surface area is 111 Å². The first-order valence-electron chi connectivity index (χ1n) is 7.01. The molecule has 1 saturated heterocycles. The maximum Gasteiger partial charge on any atom is 0.0236 e. The van der Waals surface area contributed by atoms with Gasteiger partial charge in [0.25, 0.3) is 0 Å². The molecule has 1 aromatic carbocycles. The van der Waals surface area contributed by atoms with E-state index in [1.54, 1.807) is 0 Å². The highest BCUT2D eigenvalue weighted by Crippen LogP contribution is 2.30. The number of nitrogens with zero attached hydrogens (tertiary/aromatic N) is 1. The number of aryl methyl sites for hydroxylation is 2. The lowest BCUT2D eigenvalue weighted by Gasteiger charge is -2.38. The van der Waals surface area contributed by atoms with Crippen LogP contribution in [0.4, 0.5) is 0 Å². The SMILES string of the molecule is Cc1ccc(C)c(CN2CCC(C)(CN)CC2)c1. The highest BCUT2D eigenvalue weighted by molar-refractivity contribution is 5.30. The van der Waals surface area contributed by atoms with Crippen molar-refractivity contribution in [2.45, 2.75) is 40.2 Å². The van der Waals surface area contributed by atoms with Gasteiger partial charge in [-0.2, -0.15) is 0 Å². The average Bonchev–Trinajstić information content (AvgIpc) is 2.37. The molecule has 1 aromatic rings. The van der Waals surface area contributed by atoms with Gasteiger partial charge in [0.05, 0.1) is 0 Å². The minimum absolute atomic E-state index is 0.373. The number of piperidine rings is 1. The molecule has 0 unspecified atom stereocenters. The first-order chi connectivity index (χ1) is 8.52. The van der Waals surface area contributed by atoms with Crippen LogP contribution in [0.1, 0.15) is 36.5 Å². The third-order valence-corrected chi connectivity index (χ3v) is 4.45. The smallest absolute Gasteiger partial charge is 0.0236 e. The molecule has 1 fully saturated rings. The third-order valence-electron chi connectivity index (χ3n) is 4.45. The fourth-order valence-electron chi connectivity index (χ4n) is 2.67. The van der Waals surface area contributed by atoms with Crippen molar-refractivity contribution in [1.29, 1.82) is 0 Å². The predicted molar refractivity (Wildman–Crippen MR) is 77.6 cm³/mol. The summed E-state index contributed by atoms with van der Waals surface area (Å²) in [6.45, 7) is 11.0. The van der Waals surface area contributed by atoms with Gasteiger partial charge in [-0.25, -0.2) is 0 Å². The Morgan fingerprint density at radius 3 is 2.50 bits per heavy atom. The summed E-state index contributed by atoms with van der Waals surface area (Å²) >= 11 is 0. The summed E-state index contributed by atoms with van der Waals surface area (Å²) in [7, 11) is 0. The van der Waals surface area contributed by atoms with Crippen LogP contribution in [-0.4, -0.2) is 24.5 Å². The molecule has 0 spiro atoms. The van der Waals surface area contributed by atoms with Crippen molar-refractivity contribution in [3.63, 3.8) is 0 Å². The van der Waals surface area contributed by atoms with Crippen molar-refractivity contribution in [3.05, 3.63) is 34.9 Å². The Kier molecular flexibility index (Phi) is 4.08. The monoisotopic (exact) mass is 246 g/mol.